The average Bonchev–Trinajstić information content (AvgIpc) is 3.30. The number of rotatable bonds is 5. The molecule has 3 heterocycles. The largest absolute Gasteiger partial charge is 0.345 e. The number of carbonyl (C=O) groups excluding carboxylic acids is 1. The zero-order valence-electron chi connectivity index (χ0n) is 14.7. The van der Waals surface area contributed by atoms with Gasteiger partial charge in [0.25, 0.3) is 0 Å². The number of anilines is 1. The molecule has 2 N–H and O–H groups in total. The molecule has 6 nitrogen and oxygen atoms in total. The summed E-state index contributed by atoms with van der Waals surface area (Å²) in [5.41, 5.74) is -0.653. The number of hydrogen-bond acceptors (Lipinski definition) is 3. The molecule has 0 aliphatic carbocycles. The number of benzene rings is 1. The van der Waals surface area contributed by atoms with Crippen molar-refractivity contribution in [3.63, 3.8) is 0 Å². The smallest absolute Gasteiger partial charge is 0.201 e. The Morgan fingerprint density at radius 2 is 2.17 bits per heavy atom. The third-order valence-electron chi connectivity index (χ3n) is 4.59. The number of nitrogens with zero attached hydrogens (tertiary/aromatic N) is 2. The second-order valence-electron chi connectivity index (χ2n) is 6.49. The number of hydrogen-bond donors (Lipinski definition) is 2. The van der Waals surface area contributed by atoms with Gasteiger partial charge in [-0.1, -0.05) is 0 Å². The fourth-order valence-corrected chi connectivity index (χ4v) is 4.51. The minimum absolute atomic E-state index is 0.0460. The van der Waals surface area contributed by atoms with Crippen LogP contribution in [-0.2, 0) is 11.2 Å². The molecule has 1 saturated heterocycles. The Morgan fingerprint density at radius 1 is 1.38 bits per heavy atom. The Bertz CT molecular complexity index is 1140. The average molecular weight is 487 g/mol. The van der Waals surface area contributed by atoms with Gasteiger partial charge in [-0.25, -0.2) is 26.7 Å². The van der Waals surface area contributed by atoms with Crippen LogP contribution >= 0.6 is 15.9 Å². The first-order valence-corrected chi connectivity index (χ1v) is 10.5. The molecule has 4 rings (SSSR count). The highest BCUT2D eigenvalue weighted by Crippen LogP contribution is 2.28. The molecular formula is C18H14BrF3N4O2S. The number of ketones is 1. The monoisotopic (exact) mass is 486 g/mol. The predicted molar refractivity (Wildman–Crippen MR) is 106 cm³/mol. The molecule has 2 atom stereocenters. The maximum Gasteiger partial charge on any atom is 0.201 e. The first-order chi connectivity index (χ1) is 13.8. The SMILES string of the molecule is O=C(c1c(F)ccc(NS(=O)N2CCC(F)C2)c1F)c1c[nH]c2ncc(Br)cc12. The molecule has 2 unspecified atom stereocenters. The number of alkyl halides is 1. The summed E-state index contributed by atoms with van der Waals surface area (Å²) in [7, 11) is 0. The molecule has 1 fully saturated rings. The van der Waals surface area contributed by atoms with Gasteiger partial charge in [0, 0.05) is 40.9 Å². The van der Waals surface area contributed by atoms with Gasteiger partial charge in [0.2, 0.25) is 5.78 Å². The lowest BCUT2D eigenvalue weighted by Gasteiger charge is -2.16. The van der Waals surface area contributed by atoms with E-state index >= 15 is 0 Å². The molecule has 11 heteroatoms. The van der Waals surface area contributed by atoms with Crippen LogP contribution in [0, 0.1) is 11.6 Å². The Labute approximate surface area is 174 Å². The molecule has 3 aromatic rings. The minimum atomic E-state index is -1.92. The topological polar surface area (TPSA) is 78.1 Å². The summed E-state index contributed by atoms with van der Waals surface area (Å²) in [4.78, 5) is 19.8. The zero-order valence-corrected chi connectivity index (χ0v) is 17.1. The Kier molecular flexibility index (Phi) is 5.45. The molecular weight excluding hydrogens is 473 g/mol. The van der Waals surface area contributed by atoms with E-state index in [2.05, 4.69) is 30.6 Å². The highest BCUT2D eigenvalue weighted by atomic mass is 79.9. The van der Waals surface area contributed by atoms with E-state index in [-0.39, 0.29) is 30.8 Å². The Hall–Kier alpha value is -2.24. The molecule has 0 radical (unpaired) electrons. The standard InChI is InChI=1S/C18H14BrF3N4O2S/c19-9-5-11-12(7-24-18(11)23-6-9)17(27)15-13(21)1-2-14(16(15)22)25-29(28)26-4-3-10(20)8-26/h1-2,5-7,10,25H,3-4,8H2,(H,23,24). The molecule has 1 aliphatic rings. The third kappa shape index (κ3) is 3.81. The van der Waals surface area contributed by atoms with Crippen molar-refractivity contribution < 1.29 is 22.2 Å². The van der Waals surface area contributed by atoms with Gasteiger partial charge in [0.15, 0.2) is 17.0 Å². The first kappa shape index (κ1) is 20.0. The maximum absolute atomic E-state index is 15.0. The first-order valence-electron chi connectivity index (χ1n) is 8.58. The second-order valence-corrected chi connectivity index (χ2v) is 8.62. The fraction of sp³-hybridized carbons (Fsp3) is 0.222. The molecule has 0 amide bonds. The van der Waals surface area contributed by atoms with Crippen LogP contribution in [0.2, 0.25) is 0 Å². The Morgan fingerprint density at radius 3 is 2.90 bits per heavy atom. The van der Waals surface area contributed by atoms with Crippen molar-refractivity contribution in [1.29, 1.82) is 0 Å². The number of aromatic nitrogens is 2. The van der Waals surface area contributed by atoms with E-state index in [0.717, 1.165) is 12.1 Å². The van der Waals surface area contributed by atoms with E-state index in [9.17, 15) is 22.2 Å². The van der Waals surface area contributed by atoms with Crippen LogP contribution in [0.15, 0.2) is 35.1 Å². The molecule has 0 spiro atoms. The van der Waals surface area contributed by atoms with E-state index in [1.807, 2.05) is 0 Å². The lowest BCUT2D eigenvalue weighted by atomic mass is 10.0. The number of H-pyrrole nitrogens is 1. The van der Waals surface area contributed by atoms with Gasteiger partial charge in [-0.3, -0.25) is 9.52 Å². The van der Waals surface area contributed by atoms with Gasteiger partial charge >= 0.3 is 0 Å². The molecule has 152 valence electrons. The van der Waals surface area contributed by atoms with Crippen LogP contribution in [0.3, 0.4) is 0 Å². The summed E-state index contributed by atoms with van der Waals surface area (Å²) < 4.78 is 59.3. The summed E-state index contributed by atoms with van der Waals surface area (Å²) in [6.07, 6.45) is 1.97. The molecule has 2 aromatic heterocycles. The van der Waals surface area contributed by atoms with E-state index in [1.54, 1.807) is 6.07 Å². The number of aromatic amines is 1. The van der Waals surface area contributed by atoms with Crippen LogP contribution < -0.4 is 4.72 Å². The summed E-state index contributed by atoms with van der Waals surface area (Å²) in [6, 6.07) is 3.58. The zero-order chi connectivity index (χ0) is 20.7. The van der Waals surface area contributed by atoms with E-state index < -0.39 is 40.3 Å². The quantitative estimate of drug-likeness (QED) is 0.537. The maximum atomic E-state index is 15.0. The van der Waals surface area contributed by atoms with Crippen molar-refractivity contribution in [2.45, 2.75) is 12.6 Å². The molecule has 0 bridgehead atoms. The number of fused-ring (bicyclic) bond motifs is 1. The number of nitrogens with one attached hydrogen (secondary N) is 2. The van der Waals surface area contributed by atoms with Gasteiger partial charge < -0.3 is 4.98 Å². The van der Waals surface area contributed by atoms with Crippen molar-refractivity contribution in [1.82, 2.24) is 14.3 Å². The van der Waals surface area contributed by atoms with Crippen molar-refractivity contribution in [2.75, 3.05) is 17.8 Å². The summed E-state index contributed by atoms with van der Waals surface area (Å²) in [5, 5.41) is 0.399. The highest BCUT2D eigenvalue weighted by Gasteiger charge is 2.28. The van der Waals surface area contributed by atoms with Gasteiger partial charge in [-0.2, -0.15) is 0 Å². The van der Waals surface area contributed by atoms with Gasteiger partial charge in [-0.05, 0) is 40.5 Å². The van der Waals surface area contributed by atoms with Crippen molar-refractivity contribution in [3.05, 3.63) is 57.8 Å². The van der Waals surface area contributed by atoms with E-state index in [0.29, 0.717) is 15.5 Å². The molecule has 29 heavy (non-hydrogen) atoms. The highest BCUT2D eigenvalue weighted by molar-refractivity contribution is 9.10. The van der Waals surface area contributed by atoms with Crippen LogP contribution in [0.1, 0.15) is 22.3 Å². The van der Waals surface area contributed by atoms with Crippen molar-refractivity contribution in [2.24, 2.45) is 0 Å². The number of carbonyl (C=O) groups is 1. The number of pyridine rings is 1. The second kappa shape index (κ2) is 7.88. The lowest BCUT2D eigenvalue weighted by Crippen LogP contribution is -2.29. The third-order valence-corrected chi connectivity index (χ3v) is 6.21. The van der Waals surface area contributed by atoms with Crippen LogP contribution in [0.5, 0.6) is 0 Å². The normalized spacial score (nSPS) is 18.3. The molecule has 1 aliphatic heterocycles. The van der Waals surface area contributed by atoms with Gasteiger partial charge in [0.05, 0.1) is 11.3 Å². The Balaban J connectivity index is 1.68. The predicted octanol–water partition coefficient (Wildman–Crippen LogP) is 3.87. The summed E-state index contributed by atoms with van der Waals surface area (Å²) >= 11 is 1.33. The summed E-state index contributed by atoms with van der Waals surface area (Å²) in [6.45, 7) is 0.192. The molecule has 0 saturated carbocycles. The van der Waals surface area contributed by atoms with Gasteiger partial charge in [-0.15, -0.1) is 0 Å². The van der Waals surface area contributed by atoms with E-state index in [4.69, 9.17) is 0 Å². The van der Waals surface area contributed by atoms with E-state index in [1.165, 1.54) is 16.7 Å². The minimum Gasteiger partial charge on any atom is -0.345 e. The summed E-state index contributed by atoms with van der Waals surface area (Å²) in [5.74, 6) is -3.10. The molecule has 1 aromatic carbocycles. The van der Waals surface area contributed by atoms with Gasteiger partial charge in [0.1, 0.15) is 17.6 Å². The van der Waals surface area contributed by atoms with Crippen molar-refractivity contribution in [3.8, 4) is 0 Å². The van der Waals surface area contributed by atoms with Crippen LogP contribution in [-0.4, -0.2) is 43.5 Å². The number of halogens is 4. The van der Waals surface area contributed by atoms with Crippen LogP contribution in [0.25, 0.3) is 11.0 Å². The lowest BCUT2D eigenvalue weighted by molar-refractivity contribution is 0.103. The van der Waals surface area contributed by atoms with Crippen molar-refractivity contribution >= 4 is 49.6 Å². The van der Waals surface area contributed by atoms with Crippen LogP contribution in [0.4, 0.5) is 18.9 Å². The fourth-order valence-electron chi connectivity index (χ4n) is 3.14.